The van der Waals surface area contributed by atoms with Crippen molar-refractivity contribution >= 4 is 58.8 Å². The van der Waals surface area contributed by atoms with Gasteiger partial charge in [-0.2, -0.15) is 0 Å². The maximum Gasteiger partial charge on any atom is 0.159 e. The molecule has 0 amide bonds. The van der Waals surface area contributed by atoms with Crippen molar-refractivity contribution in [3.63, 3.8) is 0 Å². The predicted octanol–water partition coefficient (Wildman–Crippen LogP) is 6.69. The SMILES string of the molecule is C=N/C=C(/Br)C(=Nc1ccc(-c2ncc(C)cn2)cc1P(C)C)Nc1cc(CC)c(N2CCC(N3CCN(C)CC3)CC2)cc1OC. The van der Waals surface area contributed by atoms with E-state index in [4.69, 9.17) is 9.73 Å². The highest BCUT2D eigenvalue weighted by molar-refractivity contribution is 9.12. The third-order valence-corrected chi connectivity index (χ3v) is 11.0. The van der Waals surface area contributed by atoms with Crippen molar-refractivity contribution in [2.45, 2.75) is 39.2 Å². The Labute approximate surface area is 290 Å². The van der Waals surface area contributed by atoms with Crippen molar-refractivity contribution in [1.29, 1.82) is 0 Å². The molecule has 0 bridgehead atoms. The molecular weight excluding hydrogens is 671 g/mol. The van der Waals surface area contributed by atoms with Gasteiger partial charge in [-0.05, 0) is 105 Å². The van der Waals surface area contributed by atoms with Gasteiger partial charge in [0.2, 0.25) is 0 Å². The molecule has 0 saturated carbocycles. The summed E-state index contributed by atoms with van der Waals surface area (Å²) in [4.78, 5) is 25.9. The number of likely N-dealkylation sites (N-methyl/N-ethyl adjacent to an activating group) is 1. The molecule has 5 rings (SSSR count). The summed E-state index contributed by atoms with van der Waals surface area (Å²) in [6, 6.07) is 11.3. The van der Waals surface area contributed by atoms with Crippen molar-refractivity contribution in [3.05, 3.63) is 64.5 Å². The fraction of sp³-hybridized carbons (Fsp3) is 0.444. The van der Waals surface area contributed by atoms with Crippen LogP contribution in [0, 0.1) is 6.92 Å². The fourth-order valence-electron chi connectivity index (χ4n) is 6.30. The lowest BCUT2D eigenvalue weighted by Gasteiger charge is -2.43. The summed E-state index contributed by atoms with van der Waals surface area (Å²) in [5.41, 5.74) is 6.28. The van der Waals surface area contributed by atoms with Crippen LogP contribution >= 0.6 is 23.9 Å². The second-order valence-electron chi connectivity index (χ2n) is 12.5. The number of piperidine rings is 1. The number of halogens is 1. The zero-order valence-corrected chi connectivity index (χ0v) is 31.1. The van der Waals surface area contributed by atoms with Gasteiger partial charge in [0.25, 0.3) is 0 Å². The molecule has 2 aliphatic rings. The van der Waals surface area contributed by atoms with Gasteiger partial charge in [0.15, 0.2) is 5.82 Å². The highest BCUT2D eigenvalue weighted by Gasteiger charge is 2.28. The van der Waals surface area contributed by atoms with E-state index < -0.39 is 7.92 Å². The van der Waals surface area contributed by atoms with Gasteiger partial charge in [-0.1, -0.05) is 14.8 Å². The number of nitrogens with one attached hydrogen (secondary N) is 1. The highest BCUT2D eigenvalue weighted by atomic mass is 79.9. The third kappa shape index (κ3) is 8.65. The fourth-order valence-corrected chi connectivity index (χ4v) is 7.62. The Bertz CT molecular complexity index is 1590. The van der Waals surface area contributed by atoms with E-state index in [1.165, 1.54) is 50.3 Å². The molecule has 0 aliphatic carbocycles. The van der Waals surface area contributed by atoms with E-state index in [9.17, 15) is 0 Å². The van der Waals surface area contributed by atoms with E-state index in [0.717, 1.165) is 53.1 Å². The smallest absolute Gasteiger partial charge is 0.159 e. The quantitative estimate of drug-likeness (QED) is 0.142. The first kappa shape index (κ1) is 35.1. The van der Waals surface area contributed by atoms with Crippen LogP contribution in [0.2, 0.25) is 0 Å². The Morgan fingerprint density at radius 2 is 1.79 bits per heavy atom. The van der Waals surface area contributed by atoms with Gasteiger partial charge in [-0.25, -0.2) is 15.0 Å². The number of aryl methyl sites for hydroxylation is 2. The van der Waals surface area contributed by atoms with E-state index in [-0.39, 0.29) is 0 Å². The number of amidine groups is 1. The molecular formula is C36H48BrN8OP. The van der Waals surface area contributed by atoms with Crippen LogP contribution in [0.4, 0.5) is 17.1 Å². The second-order valence-corrected chi connectivity index (χ2v) is 15.6. The molecule has 2 saturated heterocycles. The average molecular weight is 720 g/mol. The standard InChI is InChI=1S/C36H48BrN8OP/c1-8-26-19-31(33(46-5)21-32(26)45-13-11-28(12-14-45)44-17-15-43(4)16-18-44)42-36(29(37)24-38-3)41-30-10-9-27(20-34(30)47(6)7)35-39-22-25(2)23-40-35/h9-10,19-24,28H,3,8,11-18H2,1-2,4-7H3,(H,41,42)/b29-24+. The average Bonchev–Trinajstić information content (AvgIpc) is 3.08. The molecule has 0 radical (unpaired) electrons. The summed E-state index contributed by atoms with van der Waals surface area (Å²) in [7, 11) is 3.47. The molecule has 0 unspecified atom stereocenters. The lowest BCUT2D eigenvalue weighted by Crippen LogP contribution is -2.52. The summed E-state index contributed by atoms with van der Waals surface area (Å²) in [5, 5.41) is 4.74. The number of anilines is 2. The highest BCUT2D eigenvalue weighted by Crippen LogP contribution is 2.37. The van der Waals surface area contributed by atoms with Gasteiger partial charge >= 0.3 is 0 Å². The number of aliphatic imine (C=N–C) groups is 2. The zero-order chi connectivity index (χ0) is 33.5. The van der Waals surface area contributed by atoms with E-state index in [2.05, 4.69) is 103 Å². The Balaban J connectivity index is 1.43. The number of ether oxygens (including phenoxy) is 1. The molecule has 3 heterocycles. The van der Waals surface area contributed by atoms with Crippen LogP contribution in [0.25, 0.3) is 11.4 Å². The molecule has 2 aromatic carbocycles. The lowest BCUT2D eigenvalue weighted by atomic mass is 9.99. The zero-order valence-electron chi connectivity index (χ0n) is 28.6. The summed E-state index contributed by atoms with van der Waals surface area (Å²) in [5.74, 6) is 2.11. The minimum atomic E-state index is -0.481. The first-order valence-electron chi connectivity index (χ1n) is 16.4. The van der Waals surface area contributed by atoms with Gasteiger partial charge < -0.3 is 19.9 Å². The van der Waals surface area contributed by atoms with E-state index in [1.54, 1.807) is 13.3 Å². The van der Waals surface area contributed by atoms with Gasteiger partial charge in [-0.15, -0.1) is 0 Å². The molecule has 250 valence electrons. The van der Waals surface area contributed by atoms with Crippen molar-refractivity contribution in [2.75, 3.05) is 77.0 Å². The second kappa shape index (κ2) is 16.3. The van der Waals surface area contributed by atoms with E-state index in [0.29, 0.717) is 22.2 Å². The molecule has 1 N–H and O–H groups in total. The van der Waals surface area contributed by atoms with Gasteiger partial charge in [0.1, 0.15) is 11.6 Å². The number of rotatable bonds is 10. The molecule has 11 heteroatoms. The van der Waals surface area contributed by atoms with Crippen LogP contribution in [0.15, 0.2) is 63.4 Å². The summed E-state index contributed by atoms with van der Waals surface area (Å²) in [6.07, 6.45) is 8.64. The maximum atomic E-state index is 5.99. The van der Waals surface area contributed by atoms with Crippen LogP contribution < -0.4 is 20.3 Å². The summed E-state index contributed by atoms with van der Waals surface area (Å²) < 4.78 is 6.68. The molecule has 2 fully saturated rings. The Morgan fingerprint density at radius 3 is 2.40 bits per heavy atom. The lowest BCUT2D eigenvalue weighted by molar-refractivity contribution is 0.0982. The first-order valence-corrected chi connectivity index (χ1v) is 19.4. The van der Waals surface area contributed by atoms with E-state index in [1.807, 2.05) is 31.5 Å². The van der Waals surface area contributed by atoms with Crippen molar-refractivity contribution < 1.29 is 4.74 Å². The number of hydrogen-bond donors (Lipinski definition) is 1. The Kier molecular flexibility index (Phi) is 12.2. The number of benzene rings is 2. The van der Waals surface area contributed by atoms with Gasteiger partial charge in [-0.3, -0.25) is 9.89 Å². The van der Waals surface area contributed by atoms with Gasteiger partial charge in [0.05, 0.1) is 23.0 Å². The number of piperazine rings is 1. The van der Waals surface area contributed by atoms with Gasteiger partial charge in [0, 0.05) is 86.5 Å². The third-order valence-electron chi connectivity index (χ3n) is 9.05. The molecule has 3 aromatic rings. The molecule has 0 spiro atoms. The Hall–Kier alpha value is -3.17. The van der Waals surface area contributed by atoms with Crippen LogP contribution in [-0.4, -0.2) is 105 Å². The normalized spacial score (nSPS) is 17.3. The number of nitrogens with zero attached hydrogens (tertiary/aromatic N) is 7. The van der Waals surface area contributed by atoms with Crippen LogP contribution in [0.5, 0.6) is 5.75 Å². The first-order chi connectivity index (χ1) is 22.7. The molecule has 9 nitrogen and oxygen atoms in total. The van der Waals surface area contributed by atoms with Crippen molar-refractivity contribution in [3.8, 4) is 17.1 Å². The minimum Gasteiger partial charge on any atom is -0.494 e. The number of methoxy groups -OCH3 is 1. The molecule has 2 aliphatic heterocycles. The summed E-state index contributed by atoms with van der Waals surface area (Å²) in [6.45, 7) is 19.1. The largest absolute Gasteiger partial charge is 0.494 e. The Morgan fingerprint density at radius 1 is 1.09 bits per heavy atom. The van der Waals surface area contributed by atoms with E-state index >= 15 is 0 Å². The summed E-state index contributed by atoms with van der Waals surface area (Å²) >= 11 is 3.70. The number of aromatic nitrogens is 2. The van der Waals surface area contributed by atoms with Crippen molar-refractivity contribution in [2.24, 2.45) is 9.98 Å². The maximum absolute atomic E-state index is 5.99. The molecule has 1 aromatic heterocycles. The van der Waals surface area contributed by atoms with Crippen LogP contribution in [-0.2, 0) is 6.42 Å². The molecule has 0 atom stereocenters. The molecule has 47 heavy (non-hydrogen) atoms. The predicted molar refractivity (Wildman–Crippen MR) is 205 cm³/mol. The topological polar surface area (TPSA) is 81.5 Å². The van der Waals surface area contributed by atoms with Crippen LogP contribution in [0.3, 0.4) is 0 Å². The monoisotopic (exact) mass is 718 g/mol. The van der Waals surface area contributed by atoms with Crippen molar-refractivity contribution in [1.82, 2.24) is 19.8 Å². The van der Waals surface area contributed by atoms with Crippen LogP contribution in [0.1, 0.15) is 30.9 Å². The number of hydrogen-bond acceptors (Lipinski definition) is 8. The minimum absolute atomic E-state index is 0.481.